The van der Waals surface area contributed by atoms with Crippen molar-refractivity contribution in [1.82, 2.24) is 10.6 Å². The minimum Gasteiger partial charge on any atom is -0.368 e. The van der Waals surface area contributed by atoms with E-state index in [0.29, 0.717) is 19.4 Å². The van der Waals surface area contributed by atoms with E-state index in [1.165, 1.54) is 12.1 Å². The second kappa shape index (κ2) is 7.57. The number of hydrogen-bond donors (Lipinski definition) is 2. The molecule has 1 aliphatic heterocycles. The van der Waals surface area contributed by atoms with Gasteiger partial charge in [0.05, 0.1) is 0 Å². The van der Waals surface area contributed by atoms with Crippen LogP contribution >= 0.6 is 12.4 Å². The summed E-state index contributed by atoms with van der Waals surface area (Å²) >= 11 is 0. The Labute approximate surface area is 124 Å². The molecule has 112 valence electrons. The molecule has 2 rings (SSSR count). The lowest BCUT2D eigenvalue weighted by atomic mass is 9.91. The number of carbonyl (C=O) groups is 1. The molecule has 0 aromatic heterocycles. The molecular weight excluding hydrogens is 283 g/mol. The normalized spacial score (nSPS) is 17.1. The zero-order valence-corrected chi connectivity index (χ0v) is 12.3. The molecule has 1 saturated heterocycles. The number of rotatable bonds is 4. The Morgan fingerprint density at radius 3 is 2.50 bits per heavy atom. The summed E-state index contributed by atoms with van der Waals surface area (Å²) in [4.78, 5) is 12.3. The van der Waals surface area contributed by atoms with Gasteiger partial charge in [-0.3, -0.25) is 4.79 Å². The number of nitrogens with one attached hydrogen (secondary N) is 2. The minimum atomic E-state index is -0.731. The maximum Gasteiger partial charge on any atom is 0.252 e. The summed E-state index contributed by atoms with van der Waals surface area (Å²) in [5, 5.41) is 6.07. The third-order valence-corrected chi connectivity index (χ3v) is 3.58. The average Bonchev–Trinajstić information content (AvgIpc) is 2.47. The van der Waals surface area contributed by atoms with Gasteiger partial charge in [0.15, 0.2) is 0 Å². The second-order valence-electron chi connectivity index (χ2n) is 4.76. The quantitative estimate of drug-likeness (QED) is 0.889. The summed E-state index contributed by atoms with van der Waals surface area (Å²) < 4.78 is 18.2. The van der Waals surface area contributed by atoms with Crippen LogP contribution in [0.3, 0.4) is 0 Å². The van der Waals surface area contributed by atoms with Crippen molar-refractivity contribution in [3.8, 4) is 0 Å². The maximum absolute atomic E-state index is 12.8. The topological polar surface area (TPSA) is 50.4 Å². The van der Waals surface area contributed by atoms with Gasteiger partial charge in [-0.1, -0.05) is 12.1 Å². The fourth-order valence-electron chi connectivity index (χ4n) is 2.30. The molecule has 1 heterocycles. The number of carbonyl (C=O) groups excluding carboxylic acids is 1. The van der Waals surface area contributed by atoms with E-state index in [4.69, 9.17) is 4.74 Å². The molecule has 6 heteroatoms. The summed E-state index contributed by atoms with van der Waals surface area (Å²) in [6.45, 7) is 1.94. The van der Waals surface area contributed by atoms with Crippen LogP contribution in [0, 0.1) is 5.82 Å². The standard InChI is InChI=1S/C14H19FN2O2.ClH/c1-19-14(6-8-16-9-7-14)13(18)17-10-11-2-4-12(15)5-3-11;/h2-5,16H,6-10H2,1H3,(H,17,18);1H. The van der Waals surface area contributed by atoms with Gasteiger partial charge >= 0.3 is 0 Å². The number of benzene rings is 1. The lowest BCUT2D eigenvalue weighted by Gasteiger charge is -2.34. The van der Waals surface area contributed by atoms with Crippen LogP contribution in [-0.2, 0) is 16.1 Å². The molecule has 2 N–H and O–H groups in total. The molecular formula is C14H20ClFN2O2. The molecule has 20 heavy (non-hydrogen) atoms. The van der Waals surface area contributed by atoms with Crippen LogP contribution in [0.4, 0.5) is 4.39 Å². The number of piperidine rings is 1. The fourth-order valence-corrected chi connectivity index (χ4v) is 2.30. The molecule has 0 radical (unpaired) electrons. The maximum atomic E-state index is 12.8. The number of hydrogen-bond acceptors (Lipinski definition) is 3. The third-order valence-electron chi connectivity index (χ3n) is 3.58. The Morgan fingerprint density at radius 1 is 1.35 bits per heavy atom. The summed E-state index contributed by atoms with van der Waals surface area (Å²) in [5.74, 6) is -0.373. The van der Waals surface area contributed by atoms with E-state index >= 15 is 0 Å². The molecule has 0 spiro atoms. The van der Waals surface area contributed by atoms with Crippen LogP contribution in [0.15, 0.2) is 24.3 Å². The molecule has 1 aromatic rings. The van der Waals surface area contributed by atoms with Gasteiger partial charge < -0.3 is 15.4 Å². The van der Waals surface area contributed by atoms with Crippen molar-refractivity contribution < 1.29 is 13.9 Å². The highest BCUT2D eigenvalue weighted by Crippen LogP contribution is 2.22. The van der Waals surface area contributed by atoms with Gasteiger partial charge in [0.25, 0.3) is 5.91 Å². The van der Waals surface area contributed by atoms with Crippen molar-refractivity contribution in [2.45, 2.75) is 25.0 Å². The van der Waals surface area contributed by atoms with Crippen molar-refractivity contribution in [3.63, 3.8) is 0 Å². The molecule has 1 aromatic carbocycles. The van der Waals surface area contributed by atoms with Gasteiger partial charge in [-0.05, 0) is 43.6 Å². The minimum absolute atomic E-state index is 0. The van der Waals surface area contributed by atoms with Gasteiger partial charge in [0, 0.05) is 13.7 Å². The van der Waals surface area contributed by atoms with Crippen LogP contribution in [0.2, 0.25) is 0 Å². The van der Waals surface area contributed by atoms with E-state index in [-0.39, 0.29) is 24.1 Å². The second-order valence-corrected chi connectivity index (χ2v) is 4.76. The van der Waals surface area contributed by atoms with Crippen molar-refractivity contribution in [1.29, 1.82) is 0 Å². The molecule has 0 aliphatic carbocycles. The lowest BCUT2D eigenvalue weighted by molar-refractivity contribution is -0.146. The highest BCUT2D eigenvalue weighted by atomic mass is 35.5. The number of halogens is 2. The molecule has 1 amide bonds. The van der Waals surface area contributed by atoms with Crippen molar-refractivity contribution in [2.75, 3.05) is 20.2 Å². The van der Waals surface area contributed by atoms with Gasteiger partial charge in [-0.25, -0.2) is 4.39 Å². The largest absolute Gasteiger partial charge is 0.368 e. The zero-order chi connectivity index (χ0) is 13.7. The van der Waals surface area contributed by atoms with E-state index in [1.807, 2.05) is 0 Å². The van der Waals surface area contributed by atoms with Crippen LogP contribution in [-0.4, -0.2) is 31.7 Å². The van der Waals surface area contributed by atoms with E-state index < -0.39 is 5.60 Å². The fraction of sp³-hybridized carbons (Fsp3) is 0.500. The molecule has 0 bridgehead atoms. The van der Waals surface area contributed by atoms with Crippen molar-refractivity contribution in [3.05, 3.63) is 35.6 Å². The molecule has 0 unspecified atom stereocenters. The molecule has 1 fully saturated rings. The Kier molecular flexibility index (Phi) is 6.39. The lowest BCUT2D eigenvalue weighted by Crippen LogP contribution is -2.53. The smallest absolute Gasteiger partial charge is 0.252 e. The van der Waals surface area contributed by atoms with Gasteiger partial charge in [0.1, 0.15) is 11.4 Å². The predicted octanol–water partition coefficient (Wildman–Crippen LogP) is 1.63. The van der Waals surface area contributed by atoms with E-state index in [2.05, 4.69) is 10.6 Å². The monoisotopic (exact) mass is 302 g/mol. The average molecular weight is 303 g/mol. The van der Waals surface area contributed by atoms with Gasteiger partial charge in [0.2, 0.25) is 0 Å². The first-order chi connectivity index (χ1) is 9.16. The number of amides is 1. The van der Waals surface area contributed by atoms with E-state index in [0.717, 1.165) is 18.7 Å². The van der Waals surface area contributed by atoms with Crippen LogP contribution in [0.1, 0.15) is 18.4 Å². The molecule has 4 nitrogen and oxygen atoms in total. The van der Waals surface area contributed by atoms with E-state index in [1.54, 1.807) is 19.2 Å². The number of ether oxygens (including phenoxy) is 1. The summed E-state index contributed by atoms with van der Waals surface area (Å²) in [6.07, 6.45) is 1.33. The van der Waals surface area contributed by atoms with Crippen LogP contribution < -0.4 is 10.6 Å². The summed E-state index contributed by atoms with van der Waals surface area (Å²) in [7, 11) is 1.57. The van der Waals surface area contributed by atoms with Crippen LogP contribution in [0.5, 0.6) is 0 Å². The Hall–Kier alpha value is -1.17. The predicted molar refractivity (Wildman–Crippen MR) is 77.3 cm³/mol. The van der Waals surface area contributed by atoms with Crippen LogP contribution in [0.25, 0.3) is 0 Å². The van der Waals surface area contributed by atoms with Gasteiger partial charge in [-0.15, -0.1) is 12.4 Å². The first kappa shape index (κ1) is 16.9. The Morgan fingerprint density at radius 2 is 1.95 bits per heavy atom. The zero-order valence-electron chi connectivity index (χ0n) is 11.4. The molecule has 0 saturated carbocycles. The first-order valence-electron chi connectivity index (χ1n) is 6.45. The Balaban J connectivity index is 0.00000200. The first-order valence-corrected chi connectivity index (χ1v) is 6.45. The highest BCUT2D eigenvalue weighted by molar-refractivity contribution is 5.85. The van der Waals surface area contributed by atoms with Gasteiger partial charge in [-0.2, -0.15) is 0 Å². The molecule has 0 atom stereocenters. The highest BCUT2D eigenvalue weighted by Gasteiger charge is 2.39. The molecule has 1 aliphatic rings. The summed E-state index contributed by atoms with van der Waals surface area (Å²) in [5.41, 5.74) is 0.139. The van der Waals surface area contributed by atoms with E-state index in [9.17, 15) is 9.18 Å². The van der Waals surface area contributed by atoms with Crippen molar-refractivity contribution in [2.24, 2.45) is 0 Å². The third kappa shape index (κ3) is 3.91. The Bertz CT molecular complexity index is 433. The number of methoxy groups -OCH3 is 1. The SMILES string of the molecule is COC1(C(=O)NCc2ccc(F)cc2)CCNCC1.Cl. The summed E-state index contributed by atoms with van der Waals surface area (Å²) in [6, 6.07) is 6.10. The van der Waals surface area contributed by atoms with Crippen molar-refractivity contribution >= 4 is 18.3 Å².